The highest BCUT2D eigenvalue weighted by molar-refractivity contribution is 6.11. The van der Waals surface area contributed by atoms with Gasteiger partial charge in [0, 0.05) is 28.0 Å². The predicted octanol–water partition coefficient (Wildman–Crippen LogP) is 13.3. The van der Waals surface area contributed by atoms with Gasteiger partial charge in [-0.2, -0.15) is 0 Å². The summed E-state index contributed by atoms with van der Waals surface area (Å²) in [6.07, 6.45) is 4.50. The van der Waals surface area contributed by atoms with Crippen molar-refractivity contribution in [3.05, 3.63) is 223 Å². The molecule has 0 aliphatic carbocycles. The van der Waals surface area contributed by atoms with Crippen LogP contribution in [0.4, 0.5) is 0 Å². The maximum Gasteiger partial charge on any atom is 0.164 e. The van der Waals surface area contributed by atoms with Crippen molar-refractivity contribution in [1.29, 1.82) is 0 Å². The minimum absolute atomic E-state index is 0.183. The highest BCUT2D eigenvalue weighted by atomic mass is 15.0. The molecule has 0 saturated heterocycles. The summed E-state index contributed by atoms with van der Waals surface area (Å²) in [5, 5.41) is 13.8. The lowest BCUT2D eigenvalue weighted by Crippen LogP contribution is -2.22. The molecule has 1 aliphatic rings. The Balaban J connectivity index is 1.13. The first-order valence-electron chi connectivity index (χ1n) is 19.7. The molecule has 4 heteroatoms. The molecule has 0 amide bonds. The highest BCUT2D eigenvalue weighted by Crippen LogP contribution is 2.39. The smallest absolute Gasteiger partial charge is 0.164 e. The zero-order valence-corrected chi connectivity index (χ0v) is 31.5. The van der Waals surface area contributed by atoms with Crippen LogP contribution in [-0.4, -0.2) is 15.0 Å². The Morgan fingerprint density at radius 2 is 0.897 bits per heavy atom. The third kappa shape index (κ3) is 5.99. The van der Waals surface area contributed by atoms with Gasteiger partial charge in [-0.3, -0.25) is 0 Å². The van der Waals surface area contributed by atoms with E-state index in [-0.39, 0.29) is 6.04 Å². The van der Waals surface area contributed by atoms with Crippen LogP contribution in [-0.2, 0) is 0 Å². The number of rotatable bonds is 6. The zero-order valence-electron chi connectivity index (χ0n) is 31.5. The Kier molecular flexibility index (Phi) is 8.18. The Bertz CT molecular complexity index is 3260. The molecular formula is C54H36N4. The first-order chi connectivity index (χ1) is 28.7. The second-order valence-corrected chi connectivity index (χ2v) is 14.8. The highest BCUT2D eigenvalue weighted by Gasteiger charge is 2.24. The van der Waals surface area contributed by atoms with E-state index in [1.165, 1.54) is 48.7 Å². The maximum atomic E-state index is 5.29. The zero-order chi connectivity index (χ0) is 38.4. The van der Waals surface area contributed by atoms with E-state index in [0.717, 1.165) is 39.1 Å². The standard InChI is InChI=1S/C54H36N4/c1-3-14-35(15-4-1)39-20-11-21-40(32-39)53-56-52(38-18-5-2-6-19-38)57-54(58-53)41-33-50(48-26-12-24-44-42-22-9-7-16-36(42)28-30-46(44)48)55-51(34-41)49-27-13-25-45-43-23-10-8-17-37(43)29-31-47(45)49/h1-34,50,55H. The van der Waals surface area contributed by atoms with Crippen LogP contribution in [0, 0.1) is 0 Å². The second kappa shape index (κ2) is 14.1. The topological polar surface area (TPSA) is 50.7 Å². The fourth-order valence-corrected chi connectivity index (χ4v) is 8.53. The Hall–Kier alpha value is -7.69. The number of nitrogens with zero attached hydrogens (tertiary/aromatic N) is 3. The summed E-state index contributed by atoms with van der Waals surface area (Å²) in [6, 6.07) is 68.4. The average molecular weight is 741 g/mol. The molecule has 0 fully saturated rings. The molecule has 10 aromatic rings. The molecule has 4 nitrogen and oxygen atoms in total. The van der Waals surface area contributed by atoms with Crippen LogP contribution in [0.3, 0.4) is 0 Å². The van der Waals surface area contributed by atoms with Gasteiger partial charge in [0.15, 0.2) is 17.5 Å². The number of hydrogen-bond donors (Lipinski definition) is 1. The minimum atomic E-state index is -0.183. The van der Waals surface area contributed by atoms with Gasteiger partial charge in [0.05, 0.1) is 6.04 Å². The number of aromatic nitrogens is 3. The van der Waals surface area contributed by atoms with Gasteiger partial charge in [-0.25, -0.2) is 15.0 Å². The van der Waals surface area contributed by atoms with E-state index in [2.05, 4.69) is 187 Å². The summed E-state index contributed by atoms with van der Waals surface area (Å²) in [7, 11) is 0. The van der Waals surface area contributed by atoms with Crippen molar-refractivity contribution in [3.63, 3.8) is 0 Å². The van der Waals surface area contributed by atoms with Gasteiger partial charge in [-0.1, -0.05) is 188 Å². The Morgan fingerprint density at radius 3 is 1.64 bits per heavy atom. The second-order valence-electron chi connectivity index (χ2n) is 14.8. The van der Waals surface area contributed by atoms with Gasteiger partial charge >= 0.3 is 0 Å². The average Bonchev–Trinajstić information content (AvgIpc) is 3.31. The normalized spacial score (nSPS) is 14.0. The van der Waals surface area contributed by atoms with E-state index in [0.29, 0.717) is 17.5 Å². The summed E-state index contributed by atoms with van der Waals surface area (Å²) in [5.74, 6) is 1.88. The summed E-state index contributed by atoms with van der Waals surface area (Å²) in [5.41, 5.74) is 8.36. The molecule has 2 heterocycles. The summed E-state index contributed by atoms with van der Waals surface area (Å²) in [6.45, 7) is 0. The Labute approximate surface area is 336 Å². The van der Waals surface area contributed by atoms with Crippen LogP contribution in [0.15, 0.2) is 206 Å². The van der Waals surface area contributed by atoms with E-state index in [4.69, 9.17) is 15.0 Å². The van der Waals surface area contributed by atoms with Crippen LogP contribution in [0.2, 0.25) is 0 Å². The molecule has 1 aromatic heterocycles. The number of allylic oxidation sites excluding steroid dienone is 2. The number of fused-ring (bicyclic) bond motifs is 6. The lowest BCUT2D eigenvalue weighted by Gasteiger charge is -2.27. The molecule has 1 unspecified atom stereocenters. The van der Waals surface area contributed by atoms with Crippen LogP contribution in [0.5, 0.6) is 0 Å². The first-order valence-corrected chi connectivity index (χ1v) is 19.7. The molecule has 11 rings (SSSR count). The Morgan fingerprint density at radius 1 is 0.362 bits per heavy atom. The van der Waals surface area contributed by atoms with E-state index in [1.807, 2.05) is 24.3 Å². The van der Waals surface area contributed by atoms with Crippen LogP contribution >= 0.6 is 0 Å². The maximum absolute atomic E-state index is 5.29. The van der Waals surface area contributed by atoms with E-state index < -0.39 is 0 Å². The summed E-state index contributed by atoms with van der Waals surface area (Å²) >= 11 is 0. The molecule has 0 saturated carbocycles. The van der Waals surface area contributed by atoms with Crippen molar-refractivity contribution in [2.45, 2.75) is 6.04 Å². The third-order valence-electron chi connectivity index (χ3n) is 11.3. The molecule has 1 N–H and O–H groups in total. The summed E-state index contributed by atoms with van der Waals surface area (Å²) in [4.78, 5) is 15.6. The van der Waals surface area contributed by atoms with Crippen LogP contribution < -0.4 is 5.32 Å². The fourth-order valence-electron chi connectivity index (χ4n) is 8.53. The summed E-state index contributed by atoms with van der Waals surface area (Å²) < 4.78 is 0. The predicted molar refractivity (Wildman–Crippen MR) is 241 cm³/mol. The van der Waals surface area contributed by atoms with Crippen LogP contribution in [0.25, 0.3) is 88.3 Å². The van der Waals surface area contributed by atoms with Gasteiger partial charge in [-0.15, -0.1) is 0 Å². The van der Waals surface area contributed by atoms with E-state index >= 15 is 0 Å². The van der Waals surface area contributed by atoms with Gasteiger partial charge in [0.25, 0.3) is 0 Å². The molecule has 0 bridgehead atoms. The lowest BCUT2D eigenvalue weighted by atomic mass is 9.90. The third-order valence-corrected chi connectivity index (χ3v) is 11.3. The SMILES string of the molecule is C1=C(c2nc(-c3ccccc3)nc(-c3cccc(-c4ccccc4)c3)n2)C=C(c2cccc3c2ccc2ccccc23)NC1c1cccc2c1ccc1ccccc12. The molecule has 58 heavy (non-hydrogen) atoms. The number of dihydropyridines is 1. The van der Waals surface area contributed by atoms with Crippen molar-refractivity contribution >= 4 is 54.4 Å². The van der Waals surface area contributed by atoms with Crippen molar-refractivity contribution < 1.29 is 0 Å². The van der Waals surface area contributed by atoms with Gasteiger partial charge in [0.1, 0.15) is 0 Å². The molecule has 0 radical (unpaired) electrons. The molecular weight excluding hydrogens is 705 g/mol. The molecule has 1 aliphatic heterocycles. The van der Waals surface area contributed by atoms with Crippen LogP contribution in [0.1, 0.15) is 23.0 Å². The van der Waals surface area contributed by atoms with Gasteiger partial charge in [0.2, 0.25) is 0 Å². The van der Waals surface area contributed by atoms with E-state index in [9.17, 15) is 0 Å². The van der Waals surface area contributed by atoms with Crippen molar-refractivity contribution in [2.24, 2.45) is 0 Å². The lowest BCUT2D eigenvalue weighted by molar-refractivity contribution is 0.772. The number of hydrogen-bond acceptors (Lipinski definition) is 4. The van der Waals surface area contributed by atoms with E-state index in [1.54, 1.807) is 0 Å². The molecule has 9 aromatic carbocycles. The number of benzene rings is 9. The number of nitrogens with one attached hydrogen (secondary N) is 1. The first kappa shape index (κ1) is 33.6. The van der Waals surface area contributed by atoms with Crippen molar-refractivity contribution in [2.75, 3.05) is 0 Å². The monoisotopic (exact) mass is 740 g/mol. The van der Waals surface area contributed by atoms with Gasteiger partial charge in [-0.05, 0) is 78.0 Å². The molecule has 272 valence electrons. The molecule has 1 atom stereocenters. The quantitative estimate of drug-likeness (QED) is 0.173. The van der Waals surface area contributed by atoms with Crippen molar-refractivity contribution in [1.82, 2.24) is 20.3 Å². The molecule has 0 spiro atoms. The van der Waals surface area contributed by atoms with Gasteiger partial charge < -0.3 is 5.32 Å². The minimum Gasteiger partial charge on any atom is -0.374 e. The van der Waals surface area contributed by atoms with Crippen molar-refractivity contribution in [3.8, 4) is 33.9 Å². The fraction of sp³-hybridized carbons (Fsp3) is 0.0185. The largest absolute Gasteiger partial charge is 0.374 e.